The highest BCUT2D eigenvalue weighted by atomic mass is 16.3. The fourth-order valence-electron chi connectivity index (χ4n) is 2.35. The number of aliphatic hydroxyl groups is 1. The van der Waals surface area contributed by atoms with Crippen molar-refractivity contribution in [3.05, 3.63) is 71.8 Å². The highest BCUT2D eigenvalue weighted by Gasteiger charge is 2.20. The van der Waals surface area contributed by atoms with Gasteiger partial charge in [0.25, 0.3) is 0 Å². The van der Waals surface area contributed by atoms with Crippen molar-refractivity contribution in [2.75, 3.05) is 6.61 Å². The molecule has 2 nitrogen and oxygen atoms in total. The molecule has 0 aliphatic heterocycles. The maximum atomic E-state index is 9.58. The Balaban J connectivity index is 2.30. The number of aliphatic hydroxyl groups excluding tert-OH is 1. The van der Waals surface area contributed by atoms with Crippen molar-refractivity contribution in [3.63, 3.8) is 0 Å². The van der Waals surface area contributed by atoms with Crippen LogP contribution in [0.4, 0.5) is 0 Å². The Morgan fingerprint density at radius 2 is 1.30 bits per heavy atom. The van der Waals surface area contributed by atoms with Gasteiger partial charge in [-0.25, -0.2) is 0 Å². The molecule has 0 bridgehead atoms. The van der Waals surface area contributed by atoms with Crippen molar-refractivity contribution >= 4 is 0 Å². The summed E-state index contributed by atoms with van der Waals surface area (Å²) in [6.45, 7) is 4.40. The molecular formula is C18H23NO. The van der Waals surface area contributed by atoms with Crippen LogP contribution in [0.15, 0.2) is 60.7 Å². The molecule has 2 aromatic rings. The van der Waals surface area contributed by atoms with Gasteiger partial charge in [0.15, 0.2) is 0 Å². The van der Waals surface area contributed by atoms with Gasteiger partial charge in [0, 0.05) is 6.04 Å². The van der Waals surface area contributed by atoms with Crippen molar-refractivity contribution in [3.8, 4) is 0 Å². The number of benzene rings is 2. The third kappa shape index (κ3) is 3.69. The fraction of sp³-hybridized carbons (Fsp3) is 0.333. The van der Waals surface area contributed by atoms with Crippen LogP contribution >= 0.6 is 0 Å². The molecule has 0 saturated heterocycles. The quantitative estimate of drug-likeness (QED) is 0.842. The lowest BCUT2D eigenvalue weighted by Gasteiger charge is -2.28. The van der Waals surface area contributed by atoms with Crippen LogP contribution in [0, 0.1) is 5.92 Å². The van der Waals surface area contributed by atoms with E-state index < -0.39 is 0 Å². The van der Waals surface area contributed by atoms with E-state index in [1.54, 1.807) is 0 Å². The van der Waals surface area contributed by atoms with Gasteiger partial charge in [0.05, 0.1) is 12.6 Å². The van der Waals surface area contributed by atoms with E-state index in [2.05, 4.69) is 67.7 Å². The van der Waals surface area contributed by atoms with Gasteiger partial charge in [-0.1, -0.05) is 74.5 Å². The average molecular weight is 269 g/mol. The van der Waals surface area contributed by atoms with E-state index in [1.807, 2.05) is 12.1 Å². The topological polar surface area (TPSA) is 32.3 Å². The third-order valence-corrected chi connectivity index (χ3v) is 3.65. The molecule has 0 unspecified atom stereocenters. The predicted molar refractivity (Wildman–Crippen MR) is 83.6 cm³/mol. The molecule has 2 rings (SSSR count). The van der Waals surface area contributed by atoms with Gasteiger partial charge in [0.2, 0.25) is 0 Å². The van der Waals surface area contributed by atoms with Gasteiger partial charge < -0.3 is 10.4 Å². The molecule has 1 atom stereocenters. The smallest absolute Gasteiger partial charge is 0.0587 e. The Hall–Kier alpha value is -1.64. The highest BCUT2D eigenvalue weighted by molar-refractivity contribution is 5.31. The summed E-state index contributed by atoms with van der Waals surface area (Å²) in [7, 11) is 0. The van der Waals surface area contributed by atoms with E-state index in [4.69, 9.17) is 0 Å². The second-order valence-corrected chi connectivity index (χ2v) is 5.45. The number of nitrogens with one attached hydrogen (secondary N) is 1. The van der Waals surface area contributed by atoms with E-state index in [1.165, 1.54) is 11.1 Å². The van der Waals surface area contributed by atoms with E-state index in [-0.39, 0.29) is 18.7 Å². The molecule has 2 heteroatoms. The zero-order valence-electron chi connectivity index (χ0n) is 12.2. The minimum absolute atomic E-state index is 0.0837. The van der Waals surface area contributed by atoms with Gasteiger partial charge in [-0.15, -0.1) is 0 Å². The second kappa shape index (κ2) is 7.22. The minimum Gasteiger partial charge on any atom is -0.395 e. The number of hydrogen-bond acceptors (Lipinski definition) is 2. The molecule has 0 fully saturated rings. The standard InChI is InChI=1S/C18H23NO/c1-14(2)17(13-20)19-18(15-9-5-3-6-10-15)16-11-7-4-8-12-16/h3-12,14,17-20H,13H2,1-2H3/t17-/m1/s1. The number of rotatable bonds is 6. The molecule has 0 aliphatic carbocycles. The first kappa shape index (κ1) is 14.8. The molecule has 0 amide bonds. The Morgan fingerprint density at radius 3 is 1.65 bits per heavy atom. The Kier molecular flexibility index (Phi) is 5.33. The third-order valence-electron chi connectivity index (χ3n) is 3.65. The van der Waals surface area contributed by atoms with Crippen LogP contribution in [0.3, 0.4) is 0 Å². The van der Waals surface area contributed by atoms with E-state index in [9.17, 15) is 5.11 Å². The van der Waals surface area contributed by atoms with Crippen molar-refractivity contribution in [1.29, 1.82) is 0 Å². The van der Waals surface area contributed by atoms with Gasteiger partial charge in [-0.05, 0) is 17.0 Å². The molecule has 0 aliphatic rings. The second-order valence-electron chi connectivity index (χ2n) is 5.45. The molecule has 20 heavy (non-hydrogen) atoms. The van der Waals surface area contributed by atoms with Gasteiger partial charge in [-0.3, -0.25) is 0 Å². The molecule has 2 aromatic carbocycles. The normalized spacial score (nSPS) is 12.8. The molecule has 0 aromatic heterocycles. The molecule has 0 radical (unpaired) electrons. The first-order chi connectivity index (χ1) is 9.72. The summed E-state index contributed by atoms with van der Waals surface area (Å²) >= 11 is 0. The first-order valence-corrected chi connectivity index (χ1v) is 7.19. The molecule has 106 valence electrons. The van der Waals surface area contributed by atoms with Crippen molar-refractivity contribution in [1.82, 2.24) is 5.32 Å². The average Bonchev–Trinajstić information content (AvgIpc) is 2.50. The van der Waals surface area contributed by atoms with Crippen molar-refractivity contribution in [2.24, 2.45) is 5.92 Å². The summed E-state index contributed by atoms with van der Waals surface area (Å²) in [5, 5.41) is 13.2. The summed E-state index contributed by atoms with van der Waals surface area (Å²) in [5.41, 5.74) is 2.44. The van der Waals surface area contributed by atoms with Crippen molar-refractivity contribution < 1.29 is 5.11 Å². The molecule has 0 saturated carbocycles. The van der Waals surface area contributed by atoms with Gasteiger partial charge >= 0.3 is 0 Å². The largest absolute Gasteiger partial charge is 0.395 e. The first-order valence-electron chi connectivity index (χ1n) is 7.19. The van der Waals surface area contributed by atoms with E-state index in [0.29, 0.717) is 5.92 Å². The van der Waals surface area contributed by atoms with Gasteiger partial charge in [-0.2, -0.15) is 0 Å². The SMILES string of the molecule is CC(C)[C@@H](CO)NC(c1ccccc1)c1ccccc1. The molecule has 0 heterocycles. The zero-order chi connectivity index (χ0) is 14.4. The van der Waals surface area contributed by atoms with Crippen LogP contribution in [-0.2, 0) is 0 Å². The highest BCUT2D eigenvalue weighted by Crippen LogP contribution is 2.23. The minimum atomic E-state index is 0.0837. The Labute approximate surface area is 121 Å². The summed E-state index contributed by atoms with van der Waals surface area (Å²) in [6, 6.07) is 20.9. The molecular weight excluding hydrogens is 246 g/mol. The zero-order valence-corrected chi connectivity index (χ0v) is 12.2. The van der Waals surface area contributed by atoms with Crippen LogP contribution in [-0.4, -0.2) is 17.8 Å². The Morgan fingerprint density at radius 1 is 0.850 bits per heavy atom. The lowest BCUT2D eigenvalue weighted by Crippen LogP contribution is -2.40. The van der Waals surface area contributed by atoms with Crippen LogP contribution in [0.2, 0.25) is 0 Å². The van der Waals surface area contributed by atoms with Crippen LogP contribution < -0.4 is 5.32 Å². The van der Waals surface area contributed by atoms with Gasteiger partial charge in [0.1, 0.15) is 0 Å². The van der Waals surface area contributed by atoms with E-state index >= 15 is 0 Å². The lowest BCUT2D eigenvalue weighted by atomic mass is 9.95. The Bertz CT molecular complexity index is 456. The predicted octanol–water partition coefficient (Wildman–Crippen LogP) is 3.38. The maximum absolute atomic E-state index is 9.58. The van der Waals surface area contributed by atoms with E-state index in [0.717, 1.165) is 0 Å². The van der Waals surface area contributed by atoms with Crippen LogP contribution in [0.5, 0.6) is 0 Å². The summed E-state index contributed by atoms with van der Waals surface area (Å²) < 4.78 is 0. The monoisotopic (exact) mass is 269 g/mol. The summed E-state index contributed by atoms with van der Waals surface area (Å²) in [6.07, 6.45) is 0. The summed E-state index contributed by atoms with van der Waals surface area (Å²) in [4.78, 5) is 0. The lowest BCUT2D eigenvalue weighted by molar-refractivity contribution is 0.204. The molecule has 0 spiro atoms. The number of hydrogen-bond donors (Lipinski definition) is 2. The summed E-state index contributed by atoms with van der Waals surface area (Å²) in [5.74, 6) is 0.384. The van der Waals surface area contributed by atoms with Crippen molar-refractivity contribution in [2.45, 2.75) is 25.9 Å². The fourth-order valence-corrected chi connectivity index (χ4v) is 2.35. The molecule has 2 N–H and O–H groups in total. The van der Waals surface area contributed by atoms with Crippen LogP contribution in [0.1, 0.15) is 31.0 Å². The van der Waals surface area contributed by atoms with Crippen LogP contribution in [0.25, 0.3) is 0 Å². The maximum Gasteiger partial charge on any atom is 0.0587 e.